The first kappa shape index (κ1) is 22.2. The van der Waals surface area contributed by atoms with Gasteiger partial charge in [0.15, 0.2) is 11.6 Å². The third-order valence-electron chi connectivity index (χ3n) is 6.33. The Labute approximate surface area is 207 Å². The fourth-order valence-electron chi connectivity index (χ4n) is 4.11. The number of H-pyrrole nitrogens is 1. The predicted octanol–water partition coefficient (Wildman–Crippen LogP) is 2.21. The number of piperazine rings is 1. The van der Waals surface area contributed by atoms with Crippen molar-refractivity contribution in [3.05, 3.63) is 41.9 Å². The predicted molar refractivity (Wildman–Crippen MR) is 135 cm³/mol. The van der Waals surface area contributed by atoms with Gasteiger partial charge in [-0.1, -0.05) is 5.16 Å². The second kappa shape index (κ2) is 9.41. The van der Waals surface area contributed by atoms with Crippen LogP contribution in [0.5, 0.6) is 0 Å². The molecule has 0 radical (unpaired) electrons. The van der Waals surface area contributed by atoms with Crippen molar-refractivity contribution in [2.75, 3.05) is 54.5 Å². The lowest BCUT2D eigenvalue weighted by atomic mass is 10.3. The standard InChI is InChI=1S/C23H28N12O/c1-34-6-8-35(9-7-34)21-12-19(28-20-11-17(31-32-20)14-2-3-14)29-23(30-21)26-13-15-10-18(33-36-15)16-4-5-25-22(24)27-16/h4-5,10-12,14H,2-3,6-9,13H2,1H3,(H2,24,25,27)(H3,26,28,29,30,31,32). The molecule has 13 heteroatoms. The minimum atomic E-state index is 0.186. The summed E-state index contributed by atoms with van der Waals surface area (Å²) in [6, 6.07) is 7.56. The third kappa shape index (κ3) is 5.05. The lowest BCUT2D eigenvalue weighted by molar-refractivity contribution is 0.312. The molecule has 0 amide bonds. The molecule has 5 N–H and O–H groups in total. The zero-order chi connectivity index (χ0) is 24.5. The van der Waals surface area contributed by atoms with Crippen LogP contribution in [0.15, 0.2) is 35.0 Å². The molecule has 1 saturated heterocycles. The maximum Gasteiger partial charge on any atom is 0.227 e. The average Bonchev–Trinajstić information content (AvgIpc) is 3.44. The lowest BCUT2D eigenvalue weighted by Gasteiger charge is -2.33. The first-order valence-corrected chi connectivity index (χ1v) is 12.0. The van der Waals surface area contributed by atoms with Crippen molar-refractivity contribution in [2.24, 2.45) is 0 Å². The fourth-order valence-corrected chi connectivity index (χ4v) is 4.11. The van der Waals surface area contributed by atoms with Gasteiger partial charge in [-0.2, -0.15) is 15.1 Å². The molecule has 2 fully saturated rings. The number of hydrogen-bond donors (Lipinski definition) is 4. The number of aromatic nitrogens is 7. The lowest BCUT2D eigenvalue weighted by Crippen LogP contribution is -2.44. The van der Waals surface area contributed by atoms with Crippen LogP contribution in [-0.4, -0.2) is 73.4 Å². The third-order valence-corrected chi connectivity index (χ3v) is 6.33. The van der Waals surface area contributed by atoms with E-state index in [4.69, 9.17) is 15.2 Å². The zero-order valence-corrected chi connectivity index (χ0v) is 20.0. The molecule has 1 aliphatic heterocycles. The second-order valence-corrected chi connectivity index (χ2v) is 9.17. The molecule has 0 aromatic carbocycles. The number of nitrogens with zero attached hydrogens (tertiary/aromatic N) is 8. The summed E-state index contributed by atoms with van der Waals surface area (Å²) in [5, 5.41) is 18.2. The van der Waals surface area contributed by atoms with E-state index in [1.807, 2.05) is 6.07 Å². The number of nitrogens with two attached hydrogens (primary N) is 1. The Morgan fingerprint density at radius 2 is 1.92 bits per heavy atom. The van der Waals surface area contributed by atoms with Crippen molar-refractivity contribution >= 4 is 29.4 Å². The van der Waals surface area contributed by atoms with Gasteiger partial charge in [-0.3, -0.25) is 5.10 Å². The Morgan fingerprint density at radius 3 is 2.72 bits per heavy atom. The summed E-state index contributed by atoms with van der Waals surface area (Å²) in [7, 11) is 2.13. The van der Waals surface area contributed by atoms with E-state index in [1.165, 1.54) is 12.8 Å². The number of rotatable bonds is 8. The van der Waals surface area contributed by atoms with Crippen molar-refractivity contribution in [1.29, 1.82) is 0 Å². The minimum Gasteiger partial charge on any atom is -0.368 e. The van der Waals surface area contributed by atoms with E-state index in [0.717, 1.165) is 43.5 Å². The molecular formula is C23H28N12O. The van der Waals surface area contributed by atoms with E-state index in [9.17, 15) is 0 Å². The number of hydrogen-bond acceptors (Lipinski definition) is 12. The normalized spacial score (nSPS) is 16.3. The summed E-state index contributed by atoms with van der Waals surface area (Å²) >= 11 is 0. The molecule has 1 aliphatic carbocycles. The van der Waals surface area contributed by atoms with Gasteiger partial charge >= 0.3 is 0 Å². The first-order valence-electron chi connectivity index (χ1n) is 12.0. The van der Waals surface area contributed by atoms with Crippen LogP contribution in [0.1, 0.15) is 30.2 Å². The largest absolute Gasteiger partial charge is 0.368 e. The van der Waals surface area contributed by atoms with Gasteiger partial charge in [-0.25, -0.2) is 9.97 Å². The zero-order valence-electron chi connectivity index (χ0n) is 20.0. The van der Waals surface area contributed by atoms with Gasteiger partial charge in [0.25, 0.3) is 0 Å². The van der Waals surface area contributed by atoms with Crippen LogP contribution in [0.3, 0.4) is 0 Å². The summed E-state index contributed by atoms with van der Waals surface area (Å²) in [6.45, 7) is 4.11. The summed E-state index contributed by atoms with van der Waals surface area (Å²) in [4.78, 5) is 22.1. The summed E-state index contributed by atoms with van der Waals surface area (Å²) in [5.74, 6) is 4.16. The van der Waals surface area contributed by atoms with Gasteiger partial charge in [0.2, 0.25) is 11.9 Å². The van der Waals surface area contributed by atoms with E-state index in [1.54, 1.807) is 18.3 Å². The maximum atomic E-state index is 5.68. The monoisotopic (exact) mass is 488 g/mol. The van der Waals surface area contributed by atoms with Gasteiger partial charge in [-0.05, 0) is 26.0 Å². The van der Waals surface area contributed by atoms with Crippen molar-refractivity contribution in [3.63, 3.8) is 0 Å². The molecule has 6 rings (SSSR count). The van der Waals surface area contributed by atoms with Gasteiger partial charge < -0.3 is 30.7 Å². The number of likely N-dealkylation sites (N-methyl/N-ethyl adjacent to an activating group) is 1. The van der Waals surface area contributed by atoms with E-state index in [2.05, 4.69) is 63.9 Å². The topological polar surface area (TPSA) is 163 Å². The molecule has 2 aliphatic rings. The molecule has 0 bridgehead atoms. The van der Waals surface area contributed by atoms with Crippen LogP contribution in [0.2, 0.25) is 0 Å². The van der Waals surface area contributed by atoms with Crippen LogP contribution in [-0.2, 0) is 6.54 Å². The van der Waals surface area contributed by atoms with Crippen LogP contribution in [0, 0.1) is 0 Å². The minimum absolute atomic E-state index is 0.186. The molecule has 13 nitrogen and oxygen atoms in total. The Morgan fingerprint density at radius 1 is 1.06 bits per heavy atom. The average molecular weight is 489 g/mol. The van der Waals surface area contributed by atoms with Crippen molar-refractivity contribution in [1.82, 2.24) is 40.2 Å². The number of nitrogen functional groups attached to an aromatic ring is 1. The van der Waals surface area contributed by atoms with Crippen LogP contribution >= 0.6 is 0 Å². The number of nitrogens with one attached hydrogen (secondary N) is 3. The molecule has 4 aromatic rings. The highest BCUT2D eigenvalue weighted by Gasteiger charge is 2.25. The number of anilines is 5. The van der Waals surface area contributed by atoms with E-state index in [-0.39, 0.29) is 5.95 Å². The Balaban J connectivity index is 1.20. The quantitative estimate of drug-likeness (QED) is 0.286. The summed E-state index contributed by atoms with van der Waals surface area (Å²) in [6.07, 6.45) is 4.01. The Bertz CT molecular complexity index is 1340. The Hall–Kier alpha value is -4.26. The van der Waals surface area contributed by atoms with Crippen molar-refractivity contribution in [3.8, 4) is 11.4 Å². The summed E-state index contributed by atoms with van der Waals surface area (Å²) < 4.78 is 5.48. The highest BCUT2D eigenvalue weighted by Crippen LogP contribution is 2.39. The first-order chi connectivity index (χ1) is 17.6. The smallest absolute Gasteiger partial charge is 0.227 e. The Kier molecular flexibility index (Phi) is 5.81. The van der Waals surface area contributed by atoms with Crippen molar-refractivity contribution in [2.45, 2.75) is 25.3 Å². The molecule has 0 spiro atoms. The highest BCUT2D eigenvalue weighted by molar-refractivity contribution is 5.60. The maximum absolute atomic E-state index is 5.68. The SMILES string of the molecule is CN1CCN(c2cc(Nc3cc(C4CC4)[nH]n3)nc(NCc3cc(-c4ccnc(N)n4)no3)n2)CC1. The molecule has 4 aromatic heterocycles. The highest BCUT2D eigenvalue weighted by atomic mass is 16.5. The molecule has 186 valence electrons. The van der Waals surface area contributed by atoms with Crippen molar-refractivity contribution < 1.29 is 4.52 Å². The van der Waals surface area contributed by atoms with E-state index >= 15 is 0 Å². The molecular weight excluding hydrogens is 460 g/mol. The molecule has 1 saturated carbocycles. The molecule has 36 heavy (non-hydrogen) atoms. The van der Waals surface area contributed by atoms with E-state index in [0.29, 0.717) is 41.4 Å². The molecule has 0 unspecified atom stereocenters. The van der Waals surface area contributed by atoms with E-state index < -0.39 is 0 Å². The van der Waals surface area contributed by atoms with Gasteiger partial charge in [0.05, 0.1) is 12.2 Å². The van der Waals surface area contributed by atoms with Gasteiger partial charge in [0, 0.05) is 62.2 Å². The fraction of sp³-hybridized carbons (Fsp3) is 0.391. The summed E-state index contributed by atoms with van der Waals surface area (Å²) in [5.41, 5.74) is 8.03. The van der Waals surface area contributed by atoms with Crippen LogP contribution < -0.4 is 21.3 Å². The van der Waals surface area contributed by atoms with Crippen LogP contribution in [0.25, 0.3) is 11.4 Å². The van der Waals surface area contributed by atoms with Gasteiger partial charge in [0.1, 0.15) is 17.3 Å². The second-order valence-electron chi connectivity index (χ2n) is 9.17. The molecule has 5 heterocycles. The number of aromatic amines is 1. The molecule has 0 atom stereocenters. The van der Waals surface area contributed by atoms with Crippen LogP contribution in [0.4, 0.5) is 29.4 Å². The van der Waals surface area contributed by atoms with Gasteiger partial charge in [-0.15, -0.1) is 0 Å².